The number of benzene rings is 1. The average Bonchev–Trinajstić information content (AvgIpc) is 2.21. The Morgan fingerprint density at radius 1 is 1.16 bits per heavy atom. The first kappa shape index (κ1) is 15.5. The van der Waals surface area contributed by atoms with Crippen molar-refractivity contribution in [3.05, 3.63) is 18.2 Å². The van der Waals surface area contributed by atoms with Gasteiger partial charge in [0.1, 0.15) is 11.5 Å². The molecule has 0 unspecified atom stereocenters. The van der Waals surface area contributed by atoms with E-state index >= 15 is 0 Å². The van der Waals surface area contributed by atoms with Crippen molar-refractivity contribution in [1.82, 2.24) is 0 Å². The predicted octanol–water partition coefficient (Wildman–Crippen LogP) is 3.78. The average molecular weight is 277 g/mol. The highest BCUT2D eigenvalue weighted by molar-refractivity contribution is 5.50. The maximum Gasteiger partial charge on any atom is 0.389 e. The number of hydrogen-bond acceptors (Lipinski definition) is 3. The van der Waals surface area contributed by atoms with E-state index in [1.807, 2.05) is 13.8 Å². The Morgan fingerprint density at radius 3 is 2.37 bits per heavy atom. The van der Waals surface area contributed by atoms with Gasteiger partial charge in [-0.05, 0) is 20.3 Å². The maximum absolute atomic E-state index is 12.0. The lowest BCUT2D eigenvalue weighted by Gasteiger charge is -2.13. The molecular formula is C13H18F3NO2. The molecule has 0 atom stereocenters. The number of alkyl halides is 3. The number of nitrogen functional groups attached to an aromatic ring is 1. The SMILES string of the molecule is CC(C)Oc1cc(N)cc(OCCCC(F)(F)F)c1. The highest BCUT2D eigenvalue weighted by atomic mass is 19.4. The topological polar surface area (TPSA) is 44.5 Å². The van der Waals surface area contributed by atoms with E-state index in [9.17, 15) is 13.2 Å². The zero-order chi connectivity index (χ0) is 14.5. The fourth-order valence-corrected chi connectivity index (χ4v) is 1.48. The molecule has 0 heterocycles. The van der Waals surface area contributed by atoms with Gasteiger partial charge in [-0.3, -0.25) is 0 Å². The third-order valence-electron chi connectivity index (χ3n) is 2.15. The van der Waals surface area contributed by atoms with Gasteiger partial charge in [0.2, 0.25) is 0 Å². The van der Waals surface area contributed by atoms with E-state index in [1.54, 1.807) is 18.2 Å². The van der Waals surface area contributed by atoms with E-state index in [0.717, 1.165) is 0 Å². The van der Waals surface area contributed by atoms with E-state index in [1.165, 1.54) is 0 Å². The van der Waals surface area contributed by atoms with Gasteiger partial charge in [0.05, 0.1) is 12.7 Å². The van der Waals surface area contributed by atoms with E-state index in [-0.39, 0.29) is 19.1 Å². The summed E-state index contributed by atoms with van der Waals surface area (Å²) in [6, 6.07) is 4.81. The van der Waals surface area contributed by atoms with Crippen LogP contribution in [0.5, 0.6) is 11.5 Å². The number of anilines is 1. The van der Waals surface area contributed by atoms with Crippen LogP contribution in [-0.4, -0.2) is 18.9 Å². The first-order valence-corrected chi connectivity index (χ1v) is 6.03. The van der Waals surface area contributed by atoms with Crippen LogP contribution in [0.4, 0.5) is 18.9 Å². The van der Waals surface area contributed by atoms with Crippen molar-refractivity contribution in [2.45, 2.75) is 39.0 Å². The van der Waals surface area contributed by atoms with Gasteiger partial charge < -0.3 is 15.2 Å². The van der Waals surface area contributed by atoms with Crippen molar-refractivity contribution >= 4 is 5.69 Å². The second kappa shape index (κ2) is 6.54. The van der Waals surface area contributed by atoms with Crippen LogP contribution in [0.1, 0.15) is 26.7 Å². The molecule has 0 spiro atoms. The van der Waals surface area contributed by atoms with Crippen molar-refractivity contribution in [2.24, 2.45) is 0 Å². The molecule has 6 heteroatoms. The van der Waals surface area contributed by atoms with Crippen LogP contribution in [0, 0.1) is 0 Å². The normalized spacial score (nSPS) is 11.7. The van der Waals surface area contributed by atoms with E-state index in [0.29, 0.717) is 17.2 Å². The van der Waals surface area contributed by atoms with Gasteiger partial charge in [0.15, 0.2) is 0 Å². The minimum atomic E-state index is -4.15. The van der Waals surface area contributed by atoms with Gasteiger partial charge in [0, 0.05) is 30.3 Å². The summed E-state index contributed by atoms with van der Waals surface area (Å²) < 4.78 is 46.6. The van der Waals surface area contributed by atoms with Crippen LogP contribution < -0.4 is 15.2 Å². The van der Waals surface area contributed by atoms with Gasteiger partial charge >= 0.3 is 6.18 Å². The molecule has 0 amide bonds. The first-order chi connectivity index (χ1) is 8.76. The highest BCUT2D eigenvalue weighted by Gasteiger charge is 2.26. The molecule has 0 aliphatic rings. The molecule has 0 saturated carbocycles. The molecule has 19 heavy (non-hydrogen) atoms. The van der Waals surface area contributed by atoms with E-state index in [2.05, 4.69) is 0 Å². The zero-order valence-corrected chi connectivity index (χ0v) is 11.0. The van der Waals surface area contributed by atoms with Gasteiger partial charge in [-0.1, -0.05) is 0 Å². The summed E-state index contributed by atoms with van der Waals surface area (Å²) >= 11 is 0. The summed E-state index contributed by atoms with van der Waals surface area (Å²) in [4.78, 5) is 0. The van der Waals surface area contributed by atoms with Crippen molar-refractivity contribution < 1.29 is 22.6 Å². The van der Waals surface area contributed by atoms with Crippen LogP contribution in [0.25, 0.3) is 0 Å². The Balaban J connectivity index is 2.51. The molecule has 108 valence electrons. The Bertz CT molecular complexity index is 405. The van der Waals surface area contributed by atoms with Crippen LogP contribution in [0.15, 0.2) is 18.2 Å². The third-order valence-corrected chi connectivity index (χ3v) is 2.15. The van der Waals surface area contributed by atoms with Crippen LogP contribution in [0.3, 0.4) is 0 Å². The van der Waals surface area contributed by atoms with Crippen LogP contribution in [0.2, 0.25) is 0 Å². The molecule has 0 saturated heterocycles. The predicted molar refractivity (Wildman–Crippen MR) is 67.4 cm³/mol. The van der Waals surface area contributed by atoms with E-state index < -0.39 is 12.6 Å². The summed E-state index contributed by atoms with van der Waals surface area (Å²) in [6.07, 6.45) is -5.10. The second-order valence-electron chi connectivity index (χ2n) is 4.47. The van der Waals surface area contributed by atoms with Crippen molar-refractivity contribution in [2.75, 3.05) is 12.3 Å². The minimum absolute atomic E-state index is 0.00984. The zero-order valence-electron chi connectivity index (χ0n) is 11.0. The lowest BCUT2D eigenvalue weighted by molar-refractivity contribution is -0.136. The van der Waals surface area contributed by atoms with Gasteiger partial charge in [-0.2, -0.15) is 13.2 Å². The molecule has 1 rings (SSSR count). The quantitative estimate of drug-likeness (QED) is 0.635. The van der Waals surface area contributed by atoms with Gasteiger partial charge in [-0.25, -0.2) is 0 Å². The van der Waals surface area contributed by atoms with E-state index in [4.69, 9.17) is 15.2 Å². The molecule has 3 nitrogen and oxygen atoms in total. The molecule has 2 N–H and O–H groups in total. The fraction of sp³-hybridized carbons (Fsp3) is 0.538. The van der Waals surface area contributed by atoms with Crippen LogP contribution in [-0.2, 0) is 0 Å². The summed E-state index contributed by atoms with van der Waals surface area (Å²) in [7, 11) is 0. The summed E-state index contributed by atoms with van der Waals surface area (Å²) in [5.41, 5.74) is 6.12. The number of halogens is 3. The molecule has 0 aliphatic carbocycles. The van der Waals surface area contributed by atoms with Crippen molar-refractivity contribution in [1.29, 1.82) is 0 Å². The second-order valence-corrected chi connectivity index (χ2v) is 4.47. The maximum atomic E-state index is 12.0. The van der Waals surface area contributed by atoms with Gasteiger partial charge in [-0.15, -0.1) is 0 Å². The third kappa shape index (κ3) is 6.79. The molecule has 0 aromatic heterocycles. The lowest BCUT2D eigenvalue weighted by atomic mass is 10.2. The number of nitrogens with two attached hydrogens (primary N) is 1. The smallest absolute Gasteiger partial charge is 0.389 e. The fourth-order valence-electron chi connectivity index (χ4n) is 1.48. The molecule has 1 aromatic carbocycles. The van der Waals surface area contributed by atoms with Gasteiger partial charge in [0.25, 0.3) is 0 Å². The molecule has 1 aromatic rings. The Labute approximate surface area is 110 Å². The monoisotopic (exact) mass is 277 g/mol. The highest BCUT2D eigenvalue weighted by Crippen LogP contribution is 2.26. The minimum Gasteiger partial charge on any atom is -0.493 e. The van der Waals surface area contributed by atoms with Crippen molar-refractivity contribution in [3.63, 3.8) is 0 Å². The summed E-state index contributed by atoms with van der Waals surface area (Å²) in [6.45, 7) is 3.73. The molecule has 0 bridgehead atoms. The Kier molecular flexibility index (Phi) is 5.32. The number of ether oxygens (including phenoxy) is 2. The first-order valence-electron chi connectivity index (χ1n) is 6.03. The molecule has 0 aliphatic heterocycles. The largest absolute Gasteiger partial charge is 0.493 e. The van der Waals surface area contributed by atoms with Crippen molar-refractivity contribution in [3.8, 4) is 11.5 Å². The number of hydrogen-bond donors (Lipinski definition) is 1. The summed E-state index contributed by atoms with van der Waals surface area (Å²) in [5.74, 6) is 0.957. The Morgan fingerprint density at radius 2 is 1.79 bits per heavy atom. The molecule has 0 fully saturated rings. The lowest BCUT2D eigenvalue weighted by Crippen LogP contribution is -2.10. The molecular weight excluding hydrogens is 259 g/mol. The molecule has 0 radical (unpaired) electrons. The number of rotatable bonds is 6. The van der Waals surface area contributed by atoms with Crippen LogP contribution >= 0.6 is 0 Å². The summed E-state index contributed by atoms with van der Waals surface area (Å²) in [5, 5.41) is 0. The standard InChI is InChI=1S/C13H18F3NO2/c1-9(2)19-12-7-10(17)6-11(8-12)18-5-3-4-13(14,15)16/h6-9H,3-5,17H2,1-2H3. The Hall–Kier alpha value is -1.59.